The molecule has 0 spiro atoms. The number of aromatic amines is 1. The van der Waals surface area contributed by atoms with E-state index in [2.05, 4.69) is 20.2 Å². The molecule has 3 heterocycles. The molecule has 0 aromatic carbocycles. The average Bonchev–Trinajstić information content (AvgIpc) is 3.27. The number of pyridine rings is 1. The van der Waals surface area contributed by atoms with Crippen LogP contribution in [0.15, 0.2) is 24.5 Å². The molecule has 6 heteroatoms. The molecule has 2 N–H and O–H groups in total. The summed E-state index contributed by atoms with van der Waals surface area (Å²) in [6, 6.07) is 4.10. The summed E-state index contributed by atoms with van der Waals surface area (Å²) in [6.07, 6.45) is 10.4. The summed E-state index contributed by atoms with van der Waals surface area (Å²) in [5.74, 6) is 1.12. The molecule has 1 saturated heterocycles. The maximum Gasteiger partial charge on any atom is 0.234 e. The van der Waals surface area contributed by atoms with Gasteiger partial charge in [0.1, 0.15) is 5.82 Å². The van der Waals surface area contributed by atoms with E-state index in [0.29, 0.717) is 13.1 Å². The number of rotatable bonds is 5. The lowest BCUT2D eigenvalue weighted by molar-refractivity contribution is -0.122. The van der Waals surface area contributed by atoms with Gasteiger partial charge >= 0.3 is 0 Å². The van der Waals surface area contributed by atoms with Gasteiger partial charge in [-0.05, 0) is 56.7 Å². The summed E-state index contributed by atoms with van der Waals surface area (Å²) in [7, 11) is 0. The first-order chi connectivity index (χ1) is 12.3. The van der Waals surface area contributed by atoms with Crippen molar-refractivity contribution in [3.8, 4) is 0 Å². The van der Waals surface area contributed by atoms with Gasteiger partial charge in [-0.1, -0.05) is 6.07 Å². The normalized spacial score (nSPS) is 20.4. The van der Waals surface area contributed by atoms with Gasteiger partial charge in [0.25, 0.3) is 0 Å². The molecule has 2 aromatic heterocycles. The van der Waals surface area contributed by atoms with Crippen LogP contribution in [0.2, 0.25) is 0 Å². The first-order valence-electron chi connectivity index (χ1n) is 9.27. The summed E-state index contributed by atoms with van der Waals surface area (Å²) in [6.45, 7) is 1.91. The van der Waals surface area contributed by atoms with Crippen LogP contribution >= 0.6 is 0 Å². The Bertz CT molecular complexity index is 703. The van der Waals surface area contributed by atoms with Gasteiger partial charge in [0, 0.05) is 24.6 Å². The second-order valence-corrected chi connectivity index (χ2v) is 7.02. The molecule has 1 aliphatic heterocycles. The van der Waals surface area contributed by atoms with Crippen molar-refractivity contribution >= 4 is 5.91 Å². The van der Waals surface area contributed by atoms with Crippen molar-refractivity contribution in [2.24, 2.45) is 0 Å². The third kappa shape index (κ3) is 3.74. The second-order valence-electron chi connectivity index (χ2n) is 7.02. The molecule has 2 aliphatic rings. The summed E-state index contributed by atoms with van der Waals surface area (Å²) in [5.41, 5.74) is 3.58. The molecule has 1 aliphatic carbocycles. The number of carbonyl (C=O) groups is 1. The number of aromatic nitrogens is 3. The van der Waals surface area contributed by atoms with Gasteiger partial charge in [-0.15, -0.1) is 0 Å². The van der Waals surface area contributed by atoms with Crippen LogP contribution in [0.4, 0.5) is 0 Å². The van der Waals surface area contributed by atoms with E-state index in [1.165, 1.54) is 24.2 Å². The Kier molecular flexibility index (Phi) is 4.78. The molecule has 4 rings (SSSR count). The third-order valence-corrected chi connectivity index (χ3v) is 5.21. The highest BCUT2D eigenvalue weighted by molar-refractivity contribution is 5.78. The van der Waals surface area contributed by atoms with Crippen molar-refractivity contribution in [3.05, 3.63) is 47.3 Å². The second kappa shape index (κ2) is 7.35. The van der Waals surface area contributed by atoms with Crippen LogP contribution in [0.5, 0.6) is 0 Å². The predicted molar refractivity (Wildman–Crippen MR) is 94.9 cm³/mol. The number of imidazole rings is 1. The van der Waals surface area contributed by atoms with Crippen LogP contribution in [0.25, 0.3) is 0 Å². The number of carbonyl (C=O) groups excluding carboxylic acids is 1. The minimum atomic E-state index is 0.0621. The molecule has 1 amide bonds. The first-order valence-corrected chi connectivity index (χ1v) is 9.27. The fourth-order valence-electron chi connectivity index (χ4n) is 3.90. The number of likely N-dealkylation sites (tertiary alicyclic amines) is 1. The molecule has 2 aromatic rings. The first kappa shape index (κ1) is 16.3. The Morgan fingerprint density at radius 2 is 2.24 bits per heavy atom. The van der Waals surface area contributed by atoms with Gasteiger partial charge in [-0.25, -0.2) is 4.98 Å². The fraction of sp³-hybridized carbons (Fsp3) is 0.526. The van der Waals surface area contributed by atoms with Gasteiger partial charge in [0.05, 0.1) is 18.3 Å². The highest BCUT2D eigenvalue weighted by Gasteiger charge is 2.30. The van der Waals surface area contributed by atoms with E-state index in [1.807, 2.05) is 12.1 Å². The van der Waals surface area contributed by atoms with Gasteiger partial charge in [0.15, 0.2) is 0 Å². The van der Waals surface area contributed by atoms with Gasteiger partial charge < -0.3 is 10.3 Å². The maximum atomic E-state index is 12.3. The highest BCUT2D eigenvalue weighted by atomic mass is 16.2. The number of H-pyrrole nitrogens is 1. The minimum absolute atomic E-state index is 0.0621. The fourth-order valence-corrected chi connectivity index (χ4v) is 3.90. The number of nitrogens with zero attached hydrogens (tertiary/aromatic N) is 3. The summed E-state index contributed by atoms with van der Waals surface area (Å²) >= 11 is 0. The highest BCUT2D eigenvalue weighted by Crippen LogP contribution is 2.31. The van der Waals surface area contributed by atoms with E-state index in [1.54, 1.807) is 12.4 Å². The summed E-state index contributed by atoms with van der Waals surface area (Å²) in [4.78, 5) is 27.1. The average molecular weight is 339 g/mol. The zero-order valence-corrected chi connectivity index (χ0v) is 14.5. The molecule has 25 heavy (non-hydrogen) atoms. The smallest absolute Gasteiger partial charge is 0.234 e. The predicted octanol–water partition coefficient (Wildman–Crippen LogP) is 2.14. The van der Waals surface area contributed by atoms with Gasteiger partial charge in [-0.2, -0.15) is 0 Å². The Hall–Kier alpha value is -2.21. The zero-order chi connectivity index (χ0) is 17.1. The van der Waals surface area contributed by atoms with E-state index >= 15 is 0 Å². The van der Waals surface area contributed by atoms with E-state index in [0.717, 1.165) is 43.6 Å². The van der Waals surface area contributed by atoms with Crippen molar-refractivity contribution in [2.45, 2.75) is 51.1 Å². The Labute approximate surface area is 148 Å². The van der Waals surface area contributed by atoms with Crippen molar-refractivity contribution < 1.29 is 4.79 Å². The molecule has 6 nitrogen and oxygen atoms in total. The molecule has 0 bridgehead atoms. The Morgan fingerprint density at radius 3 is 3.08 bits per heavy atom. The number of nitrogens with one attached hydrogen (secondary N) is 2. The van der Waals surface area contributed by atoms with Crippen LogP contribution in [0, 0.1) is 0 Å². The molecule has 0 radical (unpaired) electrons. The largest absolute Gasteiger partial charge is 0.351 e. The summed E-state index contributed by atoms with van der Waals surface area (Å²) < 4.78 is 0. The van der Waals surface area contributed by atoms with E-state index in [9.17, 15) is 4.79 Å². The van der Waals surface area contributed by atoms with Crippen LogP contribution in [-0.4, -0.2) is 38.8 Å². The Morgan fingerprint density at radius 1 is 1.32 bits per heavy atom. The van der Waals surface area contributed by atoms with Crippen LogP contribution in [0.3, 0.4) is 0 Å². The van der Waals surface area contributed by atoms with Crippen molar-refractivity contribution in [1.29, 1.82) is 0 Å². The topological polar surface area (TPSA) is 73.9 Å². The molecule has 132 valence electrons. The lowest BCUT2D eigenvalue weighted by Gasteiger charge is -2.22. The standard InChI is InChI=1S/C19H25N5O/c25-18(21-12-14-5-3-9-20-11-14)13-24-10-4-8-17(24)19-22-15-6-1-2-7-16(15)23-19/h3,5,9,11,17H,1-2,4,6-8,10,12-13H2,(H,21,25)(H,22,23). The third-order valence-electron chi connectivity index (χ3n) is 5.21. The molecule has 1 atom stereocenters. The molecule has 1 fully saturated rings. The molecule has 1 unspecified atom stereocenters. The maximum absolute atomic E-state index is 12.3. The SMILES string of the molecule is O=C(CN1CCCC1c1nc2c([nH]1)CCCC2)NCc1cccnc1. The zero-order valence-electron chi connectivity index (χ0n) is 14.5. The summed E-state index contributed by atoms with van der Waals surface area (Å²) in [5, 5.41) is 3.00. The molecular weight excluding hydrogens is 314 g/mol. The number of amides is 1. The van der Waals surface area contributed by atoms with Gasteiger partial charge in [0.2, 0.25) is 5.91 Å². The Balaban J connectivity index is 1.36. The number of hydrogen-bond acceptors (Lipinski definition) is 4. The van der Waals surface area contributed by atoms with Crippen molar-refractivity contribution in [3.63, 3.8) is 0 Å². The number of fused-ring (bicyclic) bond motifs is 1. The quantitative estimate of drug-likeness (QED) is 0.875. The molecular formula is C19H25N5O. The minimum Gasteiger partial charge on any atom is -0.351 e. The van der Waals surface area contributed by atoms with Crippen LogP contribution in [0.1, 0.15) is 54.5 Å². The van der Waals surface area contributed by atoms with E-state index < -0.39 is 0 Å². The van der Waals surface area contributed by atoms with E-state index in [4.69, 9.17) is 4.98 Å². The number of hydrogen-bond donors (Lipinski definition) is 2. The van der Waals surface area contributed by atoms with Crippen LogP contribution < -0.4 is 5.32 Å². The lowest BCUT2D eigenvalue weighted by atomic mass is 10.0. The van der Waals surface area contributed by atoms with Crippen molar-refractivity contribution in [2.75, 3.05) is 13.1 Å². The van der Waals surface area contributed by atoms with Gasteiger partial charge in [-0.3, -0.25) is 14.7 Å². The molecule has 0 saturated carbocycles. The lowest BCUT2D eigenvalue weighted by Crippen LogP contribution is -2.37. The van der Waals surface area contributed by atoms with Crippen molar-refractivity contribution in [1.82, 2.24) is 25.2 Å². The van der Waals surface area contributed by atoms with E-state index in [-0.39, 0.29) is 11.9 Å². The number of aryl methyl sites for hydroxylation is 2. The monoisotopic (exact) mass is 339 g/mol. The van der Waals surface area contributed by atoms with Crippen LogP contribution in [-0.2, 0) is 24.2 Å².